The molecule has 1 aromatic carbocycles. The fourth-order valence-corrected chi connectivity index (χ4v) is 35.4. The Bertz CT molecular complexity index is 838. The van der Waals surface area contributed by atoms with Gasteiger partial charge in [0, 0.05) is 0 Å². The Balaban J connectivity index is 0.00000169. The first kappa shape index (κ1) is 24.2. The number of hydrogen-bond donors (Lipinski definition) is 0. The van der Waals surface area contributed by atoms with E-state index in [4.69, 9.17) is 0 Å². The third-order valence-electron chi connectivity index (χ3n) is 5.40. The monoisotopic (exact) mass is 526 g/mol. The van der Waals surface area contributed by atoms with Gasteiger partial charge in [-0.2, -0.15) is 0 Å². The van der Waals surface area contributed by atoms with Gasteiger partial charge >= 0.3 is 157 Å². The molecule has 0 saturated heterocycles. The van der Waals surface area contributed by atoms with Crippen molar-refractivity contribution >= 4 is 15.5 Å². The minimum absolute atomic E-state index is 0. The molecule has 4 heteroatoms. The Labute approximate surface area is 180 Å². The average molecular weight is 527 g/mol. The second-order valence-corrected chi connectivity index (χ2v) is 35.3. The zero-order valence-corrected chi connectivity index (χ0v) is 22.6. The van der Waals surface area contributed by atoms with Crippen molar-refractivity contribution in [3.05, 3.63) is 71.3 Å². The van der Waals surface area contributed by atoms with Crippen LogP contribution >= 0.6 is 0 Å². The fraction of sp³-hybridized carbons (Fsp3) is 0.364. The second kappa shape index (κ2) is 10.1. The predicted octanol–water partition coefficient (Wildman–Crippen LogP) is 0.495. The Kier molecular flexibility index (Phi) is 9.41. The van der Waals surface area contributed by atoms with E-state index >= 15 is 0 Å². The molecular weight excluding hydrogens is 499 g/mol. The van der Waals surface area contributed by atoms with E-state index in [-0.39, 0.29) is 24.8 Å². The van der Waals surface area contributed by atoms with Crippen molar-refractivity contribution < 1.29 is 43.4 Å². The third-order valence-corrected chi connectivity index (χ3v) is 33.6. The van der Waals surface area contributed by atoms with Crippen LogP contribution in [0.4, 0.5) is 0 Å². The predicted molar refractivity (Wildman–Crippen MR) is 105 cm³/mol. The number of benzene rings is 1. The maximum atomic E-state index is 2.64. The van der Waals surface area contributed by atoms with Crippen LogP contribution in [0.2, 0.25) is 11.5 Å². The van der Waals surface area contributed by atoms with Gasteiger partial charge < -0.3 is 24.8 Å². The largest absolute Gasteiger partial charge is 1.00 e. The van der Waals surface area contributed by atoms with Gasteiger partial charge in [-0.15, -0.1) is 0 Å². The van der Waals surface area contributed by atoms with Gasteiger partial charge in [0.05, 0.1) is 0 Å². The van der Waals surface area contributed by atoms with Gasteiger partial charge in [0.1, 0.15) is 0 Å². The SMILES string of the molecule is CC1=CC(C)[C]([Zr+2]([C]2=C(C)C=C(c3ccccc3)C2)=[Ge]([CH3])[CH3])=C1C.[Cl-].[Cl-]. The van der Waals surface area contributed by atoms with E-state index in [0.29, 0.717) is 5.92 Å². The fourth-order valence-electron chi connectivity index (χ4n) is 4.14. The zero-order chi connectivity index (χ0) is 17.4. The van der Waals surface area contributed by atoms with Gasteiger partial charge in [-0.25, -0.2) is 0 Å². The van der Waals surface area contributed by atoms with Crippen molar-refractivity contribution in [1.82, 2.24) is 0 Å². The number of rotatable bonds is 3. The number of halogens is 2. The van der Waals surface area contributed by atoms with Crippen molar-refractivity contribution in [1.29, 1.82) is 0 Å². The maximum Gasteiger partial charge on any atom is -1.00 e. The molecule has 0 amide bonds. The molecule has 1 aromatic rings. The topological polar surface area (TPSA) is 0 Å². The number of hydrogen-bond acceptors (Lipinski definition) is 0. The quantitative estimate of drug-likeness (QED) is 0.503. The van der Waals surface area contributed by atoms with Crippen LogP contribution in [0, 0.1) is 5.92 Å². The molecule has 0 heterocycles. The summed E-state index contributed by atoms with van der Waals surface area (Å²) in [6.45, 7) is 9.52. The molecule has 0 radical (unpaired) electrons. The molecule has 138 valence electrons. The van der Waals surface area contributed by atoms with E-state index < -0.39 is 28.6 Å². The van der Waals surface area contributed by atoms with Crippen LogP contribution in [0.1, 0.15) is 39.7 Å². The summed E-state index contributed by atoms with van der Waals surface area (Å²) in [6.07, 6.45) is 6.23. The van der Waals surface area contributed by atoms with E-state index in [1.165, 1.54) is 12.0 Å². The molecule has 1 unspecified atom stereocenters. The minimum atomic E-state index is -1.67. The Hall–Kier alpha value is 0.186. The summed E-state index contributed by atoms with van der Waals surface area (Å²) in [4.78, 5) is 0. The van der Waals surface area contributed by atoms with Crippen LogP contribution in [0.5, 0.6) is 0 Å². The van der Waals surface area contributed by atoms with Crippen LogP contribution in [0.25, 0.3) is 5.57 Å². The second-order valence-electron chi connectivity index (χ2n) is 7.43. The Morgan fingerprint density at radius 2 is 1.62 bits per heavy atom. The molecule has 0 bridgehead atoms. The van der Waals surface area contributed by atoms with Crippen molar-refractivity contribution in [2.24, 2.45) is 5.92 Å². The molecule has 26 heavy (non-hydrogen) atoms. The van der Waals surface area contributed by atoms with Crippen LogP contribution < -0.4 is 24.8 Å². The molecule has 2 aliphatic carbocycles. The summed E-state index contributed by atoms with van der Waals surface area (Å²) in [5.41, 5.74) is 7.77. The van der Waals surface area contributed by atoms with Crippen molar-refractivity contribution in [2.75, 3.05) is 0 Å². The van der Waals surface area contributed by atoms with E-state index in [1.54, 1.807) is 22.3 Å². The van der Waals surface area contributed by atoms with Crippen LogP contribution in [0.15, 0.2) is 65.8 Å². The Morgan fingerprint density at radius 3 is 2.12 bits per heavy atom. The first-order valence-electron chi connectivity index (χ1n) is 8.93. The molecule has 0 fully saturated rings. The number of allylic oxidation sites excluding steroid dienone is 8. The average Bonchev–Trinajstić information content (AvgIpc) is 3.04. The maximum absolute atomic E-state index is 2.64. The van der Waals surface area contributed by atoms with Crippen molar-refractivity contribution in [3.8, 4) is 0 Å². The molecular formula is C22H28Cl2GeZr. The summed E-state index contributed by atoms with van der Waals surface area (Å²) >= 11 is -1.67. The van der Waals surface area contributed by atoms with Gasteiger partial charge in [0.25, 0.3) is 0 Å². The first-order chi connectivity index (χ1) is 11.4. The van der Waals surface area contributed by atoms with E-state index in [1.807, 2.05) is 6.56 Å². The van der Waals surface area contributed by atoms with Crippen molar-refractivity contribution in [3.63, 3.8) is 0 Å². The zero-order valence-electron chi connectivity index (χ0n) is 16.6. The van der Waals surface area contributed by atoms with E-state index in [2.05, 4.69) is 81.7 Å². The molecule has 0 spiro atoms. The van der Waals surface area contributed by atoms with Gasteiger partial charge in [-0.1, -0.05) is 0 Å². The van der Waals surface area contributed by atoms with Gasteiger partial charge in [0.2, 0.25) is 0 Å². The molecule has 2 aliphatic rings. The normalized spacial score (nSPS) is 18.6. The van der Waals surface area contributed by atoms with Crippen molar-refractivity contribution in [2.45, 2.75) is 45.6 Å². The molecule has 0 saturated carbocycles. The molecule has 1 atom stereocenters. The van der Waals surface area contributed by atoms with E-state index in [9.17, 15) is 0 Å². The molecule has 3 rings (SSSR count). The first-order valence-corrected chi connectivity index (χ1v) is 23.0. The molecule has 0 N–H and O–H groups in total. The molecule has 0 nitrogen and oxygen atoms in total. The van der Waals surface area contributed by atoms with Crippen LogP contribution in [-0.2, 0) is 18.6 Å². The molecule has 0 aromatic heterocycles. The molecule has 0 aliphatic heterocycles. The third kappa shape index (κ3) is 4.77. The van der Waals surface area contributed by atoms with Crippen LogP contribution in [0.3, 0.4) is 0 Å². The van der Waals surface area contributed by atoms with Gasteiger partial charge in [0.15, 0.2) is 0 Å². The van der Waals surface area contributed by atoms with Crippen LogP contribution in [-0.4, -0.2) is 9.98 Å². The smallest absolute Gasteiger partial charge is 1.00 e. The van der Waals surface area contributed by atoms with Gasteiger partial charge in [-0.05, 0) is 0 Å². The van der Waals surface area contributed by atoms with Gasteiger partial charge in [-0.3, -0.25) is 0 Å². The summed E-state index contributed by atoms with van der Waals surface area (Å²) in [6, 6.07) is 11.0. The standard InChI is InChI=1S/C12H11.C8H11.C2H6Ge.2ClH.Zr/c1-10-7-8-12(9-10)11-5-3-2-4-6-11;1-6-4-7(2)8(3)5-6;1-3-2;;;/h2-6,9H,8H2,1H3;4,6H,1-3H3;1-2H3;2*1H;/q;;;;;+2/p-2. The van der Waals surface area contributed by atoms with E-state index in [0.717, 1.165) is 0 Å². The summed E-state index contributed by atoms with van der Waals surface area (Å²) in [5, 5.41) is 0. The Morgan fingerprint density at radius 1 is 1.00 bits per heavy atom. The summed E-state index contributed by atoms with van der Waals surface area (Å²) < 4.78 is 3.83. The minimum Gasteiger partial charge on any atom is -1.00 e. The summed E-state index contributed by atoms with van der Waals surface area (Å²) in [7, 11) is -0.935. The summed E-state index contributed by atoms with van der Waals surface area (Å²) in [5.74, 6) is 5.97.